The number of hydrogen-bond acceptors (Lipinski definition) is 6. The number of carbonyl (C=O) groups is 2. The molecule has 0 bridgehead atoms. The van der Waals surface area contributed by atoms with Gasteiger partial charge in [-0.15, -0.1) is 0 Å². The Balaban J connectivity index is 1.51. The van der Waals surface area contributed by atoms with Crippen LogP contribution in [0.4, 0.5) is 4.79 Å². The van der Waals surface area contributed by atoms with Crippen LogP contribution < -0.4 is 20.1 Å². The molecule has 0 saturated heterocycles. The molecule has 4 N–H and O–H groups in total. The zero-order valence-electron chi connectivity index (χ0n) is 18.5. The SMILES string of the molecule is COc1ccc(O)cc1C(=O)NCCc1ccc(S(=O)(=O)NC(=O)NC2CCCCC2)cc1. The number of phenolic OH excluding ortho intramolecular Hbond substituents is 1. The lowest BCUT2D eigenvalue weighted by molar-refractivity contribution is 0.0950. The standard InChI is InChI=1S/C23H29N3O6S/c1-32-21-12-9-18(27)15-20(21)22(28)24-14-13-16-7-10-19(11-8-16)33(30,31)26-23(29)25-17-5-3-2-4-6-17/h7-12,15,17,27H,2-6,13-14H2,1H3,(H,24,28)(H2,25,26,29). The second-order valence-electron chi connectivity index (χ2n) is 7.95. The molecular formula is C23H29N3O6S. The number of sulfonamides is 1. The quantitative estimate of drug-likeness (QED) is 0.464. The summed E-state index contributed by atoms with van der Waals surface area (Å²) in [5, 5.41) is 15.1. The van der Waals surface area contributed by atoms with Crippen LogP contribution in [-0.4, -0.2) is 45.2 Å². The Kier molecular flexibility index (Phi) is 8.16. The Morgan fingerprint density at radius 3 is 2.42 bits per heavy atom. The predicted molar refractivity (Wildman–Crippen MR) is 123 cm³/mol. The van der Waals surface area contributed by atoms with Crippen molar-refractivity contribution in [2.45, 2.75) is 49.5 Å². The molecule has 9 nitrogen and oxygen atoms in total. The molecule has 1 aliphatic rings. The predicted octanol–water partition coefficient (Wildman–Crippen LogP) is 2.69. The third-order valence-electron chi connectivity index (χ3n) is 5.53. The number of nitrogens with one attached hydrogen (secondary N) is 3. The molecule has 0 atom stereocenters. The first-order valence-corrected chi connectivity index (χ1v) is 12.3. The number of amides is 3. The van der Waals surface area contributed by atoms with Crippen LogP contribution in [-0.2, 0) is 16.4 Å². The highest BCUT2D eigenvalue weighted by molar-refractivity contribution is 7.90. The van der Waals surface area contributed by atoms with Crippen molar-refractivity contribution < 1.29 is 27.9 Å². The third-order valence-corrected chi connectivity index (χ3v) is 6.87. The van der Waals surface area contributed by atoms with Crippen molar-refractivity contribution in [3.05, 3.63) is 53.6 Å². The first kappa shape index (κ1) is 24.4. The minimum atomic E-state index is -3.98. The maximum Gasteiger partial charge on any atom is 0.328 e. The summed E-state index contributed by atoms with van der Waals surface area (Å²) in [7, 11) is -2.54. The molecule has 0 radical (unpaired) electrons. The van der Waals surface area contributed by atoms with Crippen LogP contribution in [0.5, 0.6) is 11.5 Å². The maximum atomic E-state index is 12.5. The fraction of sp³-hybridized carbons (Fsp3) is 0.391. The average molecular weight is 476 g/mol. The van der Waals surface area contributed by atoms with E-state index in [2.05, 4.69) is 15.4 Å². The van der Waals surface area contributed by atoms with E-state index >= 15 is 0 Å². The molecule has 10 heteroatoms. The number of aromatic hydroxyl groups is 1. The highest BCUT2D eigenvalue weighted by Crippen LogP contribution is 2.23. The molecule has 33 heavy (non-hydrogen) atoms. The molecule has 1 fully saturated rings. The van der Waals surface area contributed by atoms with Crippen LogP contribution >= 0.6 is 0 Å². The zero-order valence-corrected chi connectivity index (χ0v) is 19.3. The molecule has 0 heterocycles. The second-order valence-corrected chi connectivity index (χ2v) is 9.63. The first-order valence-electron chi connectivity index (χ1n) is 10.9. The van der Waals surface area contributed by atoms with E-state index in [1.165, 1.54) is 37.4 Å². The molecule has 2 aromatic carbocycles. The number of urea groups is 1. The fourth-order valence-corrected chi connectivity index (χ4v) is 4.68. The smallest absolute Gasteiger partial charge is 0.328 e. The van der Waals surface area contributed by atoms with Crippen LogP contribution in [0.1, 0.15) is 48.0 Å². The van der Waals surface area contributed by atoms with Crippen LogP contribution in [0.25, 0.3) is 0 Å². The summed E-state index contributed by atoms with van der Waals surface area (Å²) in [6, 6.07) is 9.67. The monoisotopic (exact) mass is 475 g/mol. The van der Waals surface area contributed by atoms with E-state index in [1.807, 2.05) is 0 Å². The number of carbonyl (C=O) groups excluding carboxylic acids is 2. The summed E-state index contributed by atoms with van der Waals surface area (Å²) in [6.07, 6.45) is 5.37. The highest BCUT2D eigenvalue weighted by Gasteiger charge is 2.21. The molecule has 0 aromatic heterocycles. The molecule has 3 rings (SSSR count). The molecule has 1 aliphatic carbocycles. The number of rotatable bonds is 8. The lowest BCUT2D eigenvalue weighted by atomic mass is 9.96. The van der Waals surface area contributed by atoms with Gasteiger partial charge in [0.1, 0.15) is 11.5 Å². The Bertz CT molecular complexity index is 1080. The van der Waals surface area contributed by atoms with E-state index in [4.69, 9.17) is 4.74 Å². The molecule has 178 valence electrons. The summed E-state index contributed by atoms with van der Waals surface area (Å²) < 4.78 is 32.2. The Morgan fingerprint density at radius 1 is 1.06 bits per heavy atom. The second kappa shape index (κ2) is 11.0. The zero-order chi connectivity index (χ0) is 23.8. The van der Waals surface area contributed by atoms with Gasteiger partial charge in [-0.05, 0) is 55.2 Å². The van der Waals surface area contributed by atoms with E-state index in [1.54, 1.807) is 12.1 Å². The van der Waals surface area contributed by atoms with E-state index in [-0.39, 0.29) is 22.3 Å². The van der Waals surface area contributed by atoms with Crippen LogP contribution in [0.3, 0.4) is 0 Å². The lowest BCUT2D eigenvalue weighted by Crippen LogP contribution is -2.45. The van der Waals surface area contributed by atoms with Gasteiger partial charge in [0.25, 0.3) is 15.9 Å². The van der Waals surface area contributed by atoms with Crippen molar-refractivity contribution in [3.8, 4) is 11.5 Å². The van der Waals surface area contributed by atoms with Gasteiger partial charge in [-0.2, -0.15) is 0 Å². The summed E-state index contributed by atoms with van der Waals surface area (Å²) in [4.78, 5) is 24.4. The average Bonchev–Trinajstić information content (AvgIpc) is 2.79. The topological polar surface area (TPSA) is 134 Å². The number of hydrogen-bond donors (Lipinski definition) is 4. The summed E-state index contributed by atoms with van der Waals surface area (Å²) in [6.45, 7) is 0.297. The summed E-state index contributed by atoms with van der Waals surface area (Å²) >= 11 is 0. The van der Waals surface area contributed by atoms with Gasteiger partial charge in [0, 0.05) is 12.6 Å². The van der Waals surface area contributed by atoms with Crippen molar-refractivity contribution in [2.75, 3.05) is 13.7 Å². The van der Waals surface area contributed by atoms with Gasteiger partial charge in [-0.1, -0.05) is 31.4 Å². The lowest BCUT2D eigenvalue weighted by Gasteiger charge is -2.22. The van der Waals surface area contributed by atoms with Gasteiger partial charge in [0.15, 0.2) is 0 Å². The van der Waals surface area contributed by atoms with Gasteiger partial charge in [0.2, 0.25) is 0 Å². The highest BCUT2D eigenvalue weighted by atomic mass is 32.2. The molecular weight excluding hydrogens is 446 g/mol. The number of phenols is 1. The van der Waals surface area contributed by atoms with Gasteiger partial charge >= 0.3 is 6.03 Å². The summed E-state index contributed by atoms with van der Waals surface area (Å²) in [5.74, 6) is -0.0891. The molecule has 3 amide bonds. The largest absolute Gasteiger partial charge is 0.508 e. The van der Waals surface area contributed by atoms with Crippen molar-refractivity contribution in [1.29, 1.82) is 0 Å². The first-order chi connectivity index (χ1) is 15.8. The minimum absolute atomic E-state index is 0.00589. The fourth-order valence-electron chi connectivity index (χ4n) is 3.77. The molecule has 2 aromatic rings. The van der Waals surface area contributed by atoms with E-state index in [0.29, 0.717) is 18.7 Å². The van der Waals surface area contributed by atoms with Gasteiger partial charge in [-0.3, -0.25) is 4.79 Å². The summed E-state index contributed by atoms with van der Waals surface area (Å²) in [5.41, 5.74) is 1.03. The van der Waals surface area contributed by atoms with Crippen LogP contribution in [0, 0.1) is 0 Å². The molecule has 0 spiro atoms. The van der Waals surface area contributed by atoms with E-state index < -0.39 is 22.0 Å². The van der Waals surface area contributed by atoms with Crippen molar-refractivity contribution in [1.82, 2.24) is 15.4 Å². The maximum absolute atomic E-state index is 12.5. The number of ether oxygens (including phenoxy) is 1. The normalized spacial score (nSPS) is 14.3. The van der Waals surface area contributed by atoms with Crippen LogP contribution in [0.2, 0.25) is 0 Å². The van der Waals surface area contributed by atoms with Crippen LogP contribution in [0.15, 0.2) is 47.4 Å². The van der Waals surface area contributed by atoms with Gasteiger partial charge < -0.3 is 20.5 Å². The Morgan fingerprint density at radius 2 is 1.76 bits per heavy atom. The van der Waals surface area contributed by atoms with Gasteiger partial charge in [-0.25, -0.2) is 17.9 Å². The van der Waals surface area contributed by atoms with Gasteiger partial charge in [0.05, 0.1) is 17.6 Å². The Hall–Kier alpha value is -3.27. The molecule has 1 saturated carbocycles. The van der Waals surface area contributed by atoms with E-state index in [0.717, 1.165) is 37.7 Å². The van der Waals surface area contributed by atoms with E-state index in [9.17, 15) is 23.1 Å². The minimum Gasteiger partial charge on any atom is -0.508 e. The Labute approximate surface area is 193 Å². The van der Waals surface area contributed by atoms with Crippen molar-refractivity contribution in [2.24, 2.45) is 0 Å². The molecule has 0 aliphatic heterocycles. The van der Waals surface area contributed by atoms with Crippen molar-refractivity contribution in [3.63, 3.8) is 0 Å². The number of methoxy groups -OCH3 is 1. The molecule has 0 unspecified atom stereocenters. The third kappa shape index (κ3) is 6.85. The number of benzene rings is 2. The van der Waals surface area contributed by atoms with Crippen molar-refractivity contribution >= 4 is 22.0 Å².